The predicted molar refractivity (Wildman–Crippen MR) is 59.2 cm³/mol. The highest BCUT2D eigenvalue weighted by atomic mass is 15.2. The second-order valence-corrected chi connectivity index (χ2v) is 3.05. The SMILES string of the molecule is CC.CNCCCN1CCNCC1. The number of hydrogen-bond acceptors (Lipinski definition) is 3. The largest absolute Gasteiger partial charge is 0.320 e. The van der Waals surface area contributed by atoms with E-state index in [1.54, 1.807) is 0 Å². The lowest BCUT2D eigenvalue weighted by Gasteiger charge is -2.26. The molecule has 13 heavy (non-hydrogen) atoms. The van der Waals surface area contributed by atoms with Gasteiger partial charge in [-0.05, 0) is 26.6 Å². The van der Waals surface area contributed by atoms with Gasteiger partial charge in [0.1, 0.15) is 0 Å². The molecule has 1 aliphatic rings. The van der Waals surface area contributed by atoms with Crippen LogP contribution in [0.1, 0.15) is 20.3 Å². The summed E-state index contributed by atoms with van der Waals surface area (Å²) in [5, 5.41) is 6.51. The first-order valence-electron chi connectivity index (χ1n) is 5.51. The van der Waals surface area contributed by atoms with Crippen LogP contribution in [-0.4, -0.2) is 51.2 Å². The van der Waals surface area contributed by atoms with Crippen molar-refractivity contribution in [2.75, 3.05) is 46.3 Å². The summed E-state index contributed by atoms with van der Waals surface area (Å²) in [5.74, 6) is 0. The van der Waals surface area contributed by atoms with Crippen molar-refractivity contribution in [3.8, 4) is 0 Å². The second-order valence-electron chi connectivity index (χ2n) is 3.05. The smallest absolute Gasteiger partial charge is 0.0107 e. The third-order valence-corrected chi connectivity index (χ3v) is 2.11. The first-order valence-corrected chi connectivity index (χ1v) is 5.51. The summed E-state index contributed by atoms with van der Waals surface area (Å²) in [4.78, 5) is 2.52. The van der Waals surface area contributed by atoms with E-state index in [1.165, 1.54) is 39.1 Å². The molecular weight excluding hydrogens is 162 g/mol. The summed E-state index contributed by atoms with van der Waals surface area (Å²) in [6, 6.07) is 0. The number of rotatable bonds is 4. The Labute approximate surface area is 82.9 Å². The van der Waals surface area contributed by atoms with Crippen LogP contribution in [-0.2, 0) is 0 Å². The van der Waals surface area contributed by atoms with Gasteiger partial charge in [0.15, 0.2) is 0 Å². The van der Waals surface area contributed by atoms with Gasteiger partial charge in [0.25, 0.3) is 0 Å². The van der Waals surface area contributed by atoms with Crippen molar-refractivity contribution in [1.29, 1.82) is 0 Å². The Morgan fingerprint density at radius 2 is 1.85 bits per heavy atom. The number of nitrogens with zero attached hydrogens (tertiary/aromatic N) is 1. The van der Waals surface area contributed by atoms with Gasteiger partial charge in [-0.15, -0.1) is 0 Å². The maximum atomic E-state index is 3.35. The molecule has 0 aromatic heterocycles. The van der Waals surface area contributed by atoms with Gasteiger partial charge < -0.3 is 15.5 Å². The summed E-state index contributed by atoms with van der Waals surface area (Å²) < 4.78 is 0. The van der Waals surface area contributed by atoms with Crippen LogP contribution in [0.3, 0.4) is 0 Å². The standard InChI is InChI=1S/C8H19N3.C2H6/c1-9-3-2-6-11-7-4-10-5-8-11;1-2/h9-10H,2-8H2,1H3;1-2H3. The molecule has 1 rings (SSSR count). The highest BCUT2D eigenvalue weighted by Gasteiger charge is 2.07. The molecule has 1 heterocycles. The number of nitrogens with one attached hydrogen (secondary N) is 2. The maximum absolute atomic E-state index is 3.35. The summed E-state index contributed by atoms with van der Waals surface area (Å²) in [5.41, 5.74) is 0. The van der Waals surface area contributed by atoms with E-state index in [0.717, 1.165) is 6.54 Å². The van der Waals surface area contributed by atoms with Gasteiger partial charge in [0.2, 0.25) is 0 Å². The average molecular weight is 187 g/mol. The fourth-order valence-corrected chi connectivity index (χ4v) is 1.41. The second kappa shape index (κ2) is 9.96. The highest BCUT2D eigenvalue weighted by molar-refractivity contribution is 4.67. The molecule has 0 spiro atoms. The van der Waals surface area contributed by atoms with Gasteiger partial charge >= 0.3 is 0 Å². The first-order chi connectivity index (χ1) is 6.43. The Morgan fingerprint density at radius 1 is 1.23 bits per heavy atom. The molecule has 1 fully saturated rings. The van der Waals surface area contributed by atoms with Crippen LogP contribution < -0.4 is 10.6 Å². The minimum Gasteiger partial charge on any atom is -0.320 e. The van der Waals surface area contributed by atoms with E-state index in [0.29, 0.717) is 0 Å². The zero-order valence-electron chi connectivity index (χ0n) is 9.40. The lowest BCUT2D eigenvalue weighted by atomic mass is 10.3. The topological polar surface area (TPSA) is 27.3 Å². The van der Waals surface area contributed by atoms with Crippen LogP contribution in [0.15, 0.2) is 0 Å². The molecule has 0 radical (unpaired) electrons. The lowest BCUT2D eigenvalue weighted by molar-refractivity contribution is 0.238. The molecule has 0 saturated carbocycles. The van der Waals surface area contributed by atoms with E-state index in [-0.39, 0.29) is 0 Å². The van der Waals surface area contributed by atoms with Gasteiger partial charge in [0.05, 0.1) is 0 Å². The van der Waals surface area contributed by atoms with Crippen molar-refractivity contribution in [2.45, 2.75) is 20.3 Å². The molecule has 0 bridgehead atoms. The number of piperazine rings is 1. The highest BCUT2D eigenvalue weighted by Crippen LogP contribution is 1.92. The zero-order valence-corrected chi connectivity index (χ0v) is 9.40. The lowest BCUT2D eigenvalue weighted by Crippen LogP contribution is -2.44. The zero-order chi connectivity index (χ0) is 9.94. The summed E-state index contributed by atoms with van der Waals surface area (Å²) in [6.07, 6.45) is 1.27. The third kappa shape index (κ3) is 6.99. The molecule has 0 unspecified atom stereocenters. The summed E-state index contributed by atoms with van der Waals surface area (Å²) in [6.45, 7) is 11.2. The van der Waals surface area contributed by atoms with Gasteiger partial charge in [-0.25, -0.2) is 0 Å². The Hall–Kier alpha value is -0.120. The molecule has 0 aromatic carbocycles. The van der Waals surface area contributed by atoms with E-state index in [1.807, 2.05) is 20.9 Å². The molecule has 0 aromatic rings. The van der Waals surface area contributed by atoms with Crippen LogP contribution in [0.5, 0.6) is 0 Å². The third-order valence-electron chi connectivity index (χ3n) is 2.11. The van der Waals surface area contributed by atoms with Gasteiger partial charge in [0, 0.05) is 26.2 Å². The molecule has 80 valence electrons. The van der Waals surface area contributed by atoms with E-state index in [9.17, 15) is 0 Å². The fourth-order valence-electron chi connectivity index (χ4n) is 1.41. The summed E-state index contributed by atoms with van der Waals surface area (Å²) in [7, 11) is 2.01. The maximum Gasteiger partial charge on any atom is 0.0107 e. The quantitative estimate of drug-likeness (QED) is 0.629. The monoisotopic (exact) mass is 187 g/mol. The molecule has 1 saturated heterocycles. The van der Waals surface area contributed by atoms with Crippen molar-refractivity contribution in [1.82, 2.24) is 15.5 Å². The molecule has 3 heteroatoms. The Kier molecular flexibility index (Phi) is 9.87. The van der Waals surface area contributed by atoms with Gasteiger partial charge in [-0.2, -0.15) is 0 Å². The van der Waals surface area contributed by atoms with E-state index < -0.39 is 0 Å². The molecule has 0 aliphatic carbocycles. The van der Waals surface area contributed by atoms with Crippen molar-refractivity contribution in [2.24, 2.45) is 0 Å². The Bertz CT molecular complexity index is 90.2. The van der Waals surface area contributed by atoms with Crippen molar-refractivity contribution < 1.29 is 0 Å². The van der Waals surface area contributed by atoms with Gasteiger partial charge in [-0.1, -0.05) is 13.8 Å². The predicted octanol–water partition coefficient (Wildman–Crippen LogP) is 0.527. The van der Waals surface area contributed by atoms with Crippen LogP contribution in [0.4, 0.5) is 0 Å². The van der Waals surface area contributed by atoms with E-state index >= 15 is 0 Å². The van der Waals surface area contributed by atoms with Crippen LogP contribution in [0.25, 0.3) is 0 Å². The van der Waals surface area contributed by atoms with Crippen molar-refractivity contribution in [3.63, 3.8) is 0 Å². The van der Waals surface area contributed by atoms with Gasteiger partial charge in [-0.3, -0.25) is 0 Å². The van der Waals surface area contributed by atoms with E-state index in [4.69, 9.17) is 0 Å². The molecule has 1 aliphatic heterocycles. The fraction of sp³-hybridized carbons (Fsp3) is 1.00. The molecule has 3 nitrogen and oxygen atoms in total. The Balaban J connectivity index is 0.000000671. The van der Waals surface area contributed by atoms with E-state index in [2.05, 4.69) is 15.5 Å². The average Bonchev–Trinajstić information content (AvgIpc) is 2.23. The minimum absolute atomic E-state index is 1.14. The molecular formula is C10H25N3. The molecule has 0 amide bonds. The molecule has 2 N–H and O–H groups in total. The first kappa shape index (κ1) is 12.9. The van der Waals surface area contributed by atoms with Crippen LogP contribution in [0, 0.1) is 0 Å². The van der Waals surface area contributed by atoms with Crippen molar-refractivity contribution >= 4 is 0 Å². The van der Waals surface area contributed by atoms with Crippen LogP contribution in [0.2, 0.25) is 0 Å². The normalized spacial score (nSPS) is 17.8. The Morgan fingerprint density at radius 3 is 2.38 bits per heavy atom. The van der Waals surface area contributed by atoms with Crippen LogP contribution >= 0.6 is 0 Å². The molecule has 0 atom stereocenters. The minimum atomic E-state index is 1.14. The van der Waals surface area contributed by atoms with Crippen molar-refractivity contribution in [3.05, 3.63) is 0 Å². The number of hydrogen-bond donors (Lipinski definition) is 2. The summed E-state index contributed by atoms with van der Waals surface area (Å²) >= 11 is 0.